The van der Waals surface area contributed by atoms with Crippen molar-refractivity contribution in [2.24, 2.45) is 5.92 Å². The number of hydrogen-bond acceptors (Lipinski definition) is 3. The van der Waals surface area contributed by atoms with Gasteiger partial charge in [-0.15, -0.1) is 0 Å². The van der Waals surface area contributed by atoms with E-state index in [4.69, 9.17) is 8.85 Å². The van der Waals surface area contributed by atoms with Crippen molar-refractivity contribution in [2.75, 3.05) is 0 Å². The molecule has 3 nitrogen and oxygen atoms in total. The number of carbonyl (C=O) groups excluding carboxylic acids is 1. The quantitative estimate of drug-likeness (QED) is 0.547. The van der Waals surface area contributed by atoms with Crippen LogP contribution in [0.4, 0.5) is 0 Å². The van der Waals surface area contributed by atoms with Crippen LogP contribution in [0.5, 0.6) is 0 Å². The van der Waals surface area contributed by atoms with Gasteiger partial charge in [-0.3, -0.25) is 4.79 Å². The first-order valence-corrected chi connectivity index (χ1v) is 14.6. The lowest BCUT2D eigenvalue weighted by Crippen LogP contribution is -2.50. The molecule has 0 bridgehead atoms. The molecule has 0 spiro atoms. The van der Waals surface area contributed by atoms with Crippen molar-refractivity contribution in [3.63, 3.8) is 0 Å². The highest BCUT2D eigenvalue weighted by Gasteiger charge is 2.45. The molecule has 0 saturated carbocycles. The van der Waals surface area contributed by atoms with E-state index in [2.05, 4.69) is 81.6 Å². The van der Waals surface area contributed by atoms with E-state index in [9.17, 15) is 4.79 Å². The second-order valence-corrected chi connectivity index (χ2v) is 19.7. The average Bonchev–Trinajstić information content (AvgIpc) is 2.22. The summed E-state index contributed by atoms with van der Waals surface area (Å²) in [6.45, 7) is 25.9. The topological polar surface area (TPSA) is 35.5 Å². The predicted molar refractivity (Wildman–Crippen MR) is 105 cm³/mol. The molecule has 1 atom stereocenters. The van der Waals surface area contributed by atoms with Gasteiger partial charge in [-0.05, 0) is 48.6 Å². The zero-order valence-electron chi connectivity index (χ0n) is 17.6. The fourth-order valence-corrected chi connectivity index (χ4v) is 3.82. The molecule has 0 radical (unpaired) electrons. The van der Waals surface area contributed by atoms with Gasteiger partial charge in [0, 0.05) is 0 Å². The zero-order valence-corrected chi connectivity index (χ0v) is 19.6. The zero-order chi connectivity index (χ0) is 18.9. The van der Waals surface area contributed by atoms with Crippen LogP contribution in [0.2, 0.25) is 36.3 Å². The molecule has 0 aliphatic carbocycles. The maximum absolute atomic E-state index is 12.9. The summed E-state index contributed by atoms with van der Waals surface area (Å²) in [6.07, 6.45) is 0.282. The largest absolute Gasteiger partial charge is 0.517 e. The molecule has 0 fully saturated rings. The first-order valence-electron chi connectivity index (χ1n) is 8.81. The standard InChI is InChI=1S/C18H40O3Si2/c1-14(2)13-15(20-22(9,10)17(3,4)5)16(19)21-23(11,12)18(6,7)8/h14-15H,13H2,1-12H3/t15-/m0/s1. The predicted octanol–water partition coefficient (Wildman–Crippen LogP) is 5.97. The fourth-order valence-electron chi connectivity index (χ4n) is 1.62. The summed E-state index contributed by atoms with van der Waals surface area (Å²) in [4.78, 5) is 12.9. The highest BCUT2D eigenvalue weighted by atomic mass is 28.4. The molecule has 0 aliphatic heterocycles. The molecule has 138 valence electrons. The Morgan fingerprint density at radius 3 is 1.57 bits per heavy atom. The monoisotopic (exact) mass is 360 g/mol. The Hall–Kier alpha value is -0.136. The van der Waals surface area contributed by atoms with E-state index in [-0.39, 0.29) is 16.0 Å². The van der Waals surface area contributed by atoms with Gasteiger partial charge in [0.05, 0.1) is 0 Å². The summed E-state index contributed by atoms with van der Waals surface area (Å²) in [7, 11) is -4.12. The Morgan fingerprint density at radius 1 is 0.870 bits per heavy atom. The summed E-state index contributed by atoms with van der Waals surface area (Å²) < 4.78 is 12.4. The summed E-state index contributed by atoms with van der Waals surface area (Å²) in [5.41, 5.74) is 0. The molecule has 0 aromatic carbocycles. The summed E-state index contributed by atoms with van der Waals surface area (Å²) in [6, 6.07) is 0. The number of rotatable bonds is 6. The van der Waals surface area contributed by atoms with E-state index in [0.29, 0.717) is 5.92 Å². The SMILES string of the molecule is CC(C)C[C@H](O[Si](C)(C)C(C)(C)C)C(=O)O[Si](C)(C)C(C)(C)C. The maximum Gasteiger partial charge on any atom is 0.320 e. The van der Waals surface area contributed by atoms with Gasteiger partial charge >= 0.3 is 5.97 Å². The van der Waals surface area contributed by atoms with E-state index < -0.39 is 22.7 Å². The maximum atomic E-state index is 12.9. The molecule has 0 rings (SSSR count). The molecule has 5 heteroatoms. The van der Waals surface area contributed by atoms with E-state index >= 15 is 0 Å². The molecule has 23 heavy (non-hydrogen) atoms. The van der Waals surface area contributed by atoms with Crippen LogP contribution in [0.1, 0.15) is 61.8 Å². The molecule has 0 aromatic rings. The molecular formula is C18H40O3Si2. The van der Waals surface area contributed by atoms with Gasteiger partial charge in [-0.1, -0.05) is 55.4 Å². The molecule has 0 saturated heterocycles. The molecular weight excluding hydrogens is 320 g/mol. The van der Waals surface area contributed by atoms with Crippen LogP contribution in [0.3, 0.4) is 0 Å². The van der Waals surface area contributed by atoms with Crippen molar-refractivity contribution in [1.82, 2.24) is 0 Å². The Morgan fingerprint density at radius 2 is 1.26 bits per heavy atom. The molecule has 0 aliphatic rings. The Labute approximate surface area is 146 Å². The highest BCUT2D eigenvalue weighted by Crippen LogP contribution is 2.40. The Bertz CT molecular complexity index is 401. The van der Waals surface area contributed by atoms with Crippen molar-refractivity contribution in [3.05, 3.63) is 0 Å². The number of carbonyl (C=O) groups is 1. The van der Waals surface area contributed by atoms with Crippen LogP contribution < -0.4 is 0 Å². The minimum absolute atomic E-state index is 0.0159. The number of hydrogen-bond donors (Lipinski definition) is 0. The van der Waals surface area contributed by atoms with Crippen LogP contribution in [-0.4, -0.2) is 28.7 Å². The molecule has 0 aromatic heterocycles. The first-order chi connectivity index (χ1) is 9.91. The third kappa shape index (κ3) is 6.71. The molecule has 0 unspecified atom stereocenters. The van der Waals surface area contributed by atoms with Gasteiger partial charge in [0.2, 0.25) is 0 Å². The lowest BCUT2D eigenvalue weighted by atomic mass is 10.1. The van der Waals surface area contributed by atoms with E-state index in [1.165, 1.54) is 0 Å². The first kappa shape index (κ1) is 22.9. The second-order valence-electron chi connectivity index (χ2n) is 10.2. The van der Waals surface area contributed by atoms with Gasteiger partial charge in [0.1, 0.15) is 6.10 Å². The fraction of sp³-hybridized carbons (Fsp3) is 0.944. The lowest BCUT2D eigenvalue weighted by Gasteiger charge is -2.41. The normalized spacial score (nSPS) is 15.7. The lowest BCUT2D eigenvalue weighted by molar-refractivity contribution is -0.144. The van der Waals surface area contributed by atoms with Gasteiger partial charge in [-0.2, -0.15) is 0 Å². The van der Waals surface area contributed by atoms with Crippen molar-refractivity contribution in [1.29, 1.82) is 0 Å². The van der Waals surface area contributed by atoms with Crippen molar-refractivity contribution < 1.29 is 13.6 Å². The van der Waals surface area contributed by atoms with Crippen LogP contribution >= 0.6 is 0 Å². The van der Waals surface area contributed by atoms with Crippen molar-refractivity contribution in [3.8, 4) is 0 Å². The van der Waals surface area contributed by atoms with E-state index in [1.807, 2.05) is 0 Å². The highest BCUT2D eigenvalue weighted by molar-refractivity contribution is 6.76. The summed E-state index contributed by atoms with van der Waals surface area (Å²) >= 11 is 0. The minimum Gasteiger partial charge on any atom is -0.517 e. The summed E-state index contributed by atoms with van der Waals surface area (Å²) in [5.74, 6) is 0.242. The van der Waals surface area contributed by atoms with Crippen molar-refractivity contribution >= 4 is 22.6 Å². The van der Waals surface area contributed by atoms with Crippen LogP contribution in [-0.2, 0) is 13.6 Å². The van der Waals surface area contributed by atoms with Gasteiger partial charge in [0.15, 0.2) is 8.32 Å². The average molecular weight is 361 g/mol. The van der Waals surface area contributed by atoms with Crippen molar-refractivity contribution in [2.45, 2.75) is 104 Å². The van der Waals surface area contributed by atoms with Crippen LogP contribution in [0, 0.1) is 5.92 Å². The summed E-state index contributed by atoms with van der Waals surface area (Å²) in [5, 5.41) is 0.0987. The second kappa shape index (κ2) is 7.40. The Kier molecular flexibility index (Phi) is 7.36. The van der Waals surface area contributed by atoms with Gasteiger partial charge in [0.25, 0.3) is 8.32 Å². The van der Waals surface area contributed by atoms with Crippen LogP contribution in [0.15, 0.2) is 0 Å². The van der Waals surface area contributed by atoms with E-state index in [1.54, 1.807) is 0 Å². The Balaban J connectivity index is 5.31. The van der Waals surface area contributed by atoms with Gasteiger partial charge in [-0.25, -0.2) is 0 Å². The minimum atomic E-state index is -2.12. The smallest absolute Gasteiger partial charge is 0.320 e. The molecule has 0 heterocycles. The van der Waals surface area contributed by atoms with Gasteiger partial charge < -0.3 is 8.85 Å². The third-order valence-corrected chi connectivity index (χ3v) is 14.2. The third-order valence-electron chi connectivity index (χ3n) is 5.35. The van der Waals surface area contributed by atoms with E-state index in [0.717, 1.165) is 6.42 Å². The van der Waals surface area contributed by atoms with Crippen LogP contribution in [0.25, 0.3) is 0 Å². The molecule has 0 N–H and O–H groups in total. The molecule has 0 amide bonds.